The van der Waals surface area contributed by atoms with E-state index in [9.17, 15) is 0 Å². The lowest BCUT2D eigenvalue weighted by Crippen LogP contribution is -1.83. The van der Waals surface area contributed by atoms with Gasteiger partial charge >= 0.3 is 0 Å². The van der Waals surface area contributed by atoms with Crippen LogP contribution in [-0.4, -0.2) is 0 Å². The molecule has 48 valence electrons. The minimum Gasteiger partial charge on any atom is -0.0983 e. The standard InChI is InChI=1S/C9H12/c1-9-7-5-3-2-4-6-8-9/h1-5,7H2. The van der Waals surface area contributed by atoms with E-state index in [0.29, 0.717) is 0 Å². The van der Waals surface area contributed by atoms with Crippen molar-refractivity contribution in [2.24, 2.45) is 0 Å². The molecule has 9 heavy (non-hydrogen) atoms. The van der Waals surface area contributed by atoms with Gasteiger partial charge in [-0.15, -0.1) is 0 Å². The summed E-state index contributed by atoms with van der Waals surface area (Å²) >= 11 is 0. The number of rotatable bonds is 0. The van der Waals surface area contributed by atoms with Crippen molar-refractivity contribution in [1.29, 1.82) is 0 Å². The Bertz CT molecular complexity index is 155. The molecule has 0 bridgehead atoms. The maximum absolute atomic E-state index is 3.84. The lowest BCUT2D eigenvalue weighted by atomic mass is 10.1. The summed E-state index contributed by atoms with van der Waals surface area (Å²) in [5.41, 5.74) is 1.12. The van der Waals surface area contributed by atoms with Crippen molar-refractivity contribution in [2.75, 3.05) is 0 Å². The van der Waals surface area contributed by atoms with Crippen molar-refractivity contribution in [3.63, 3.8) is 0 Å². The topological polar surface area (TPSA) is 0 Å². The largest absolute Gasteiger partial charge is 0.0983 e. The smallest absolute Gasteiger partial charge is 0.00923 e. The van der Waals surface area contributed by atoms with Gasteiger partial charge in [-0.2, -0.15) is 0 Å². The summed E-state index contributed by atoms with van der Waals surface area (Å²) in [7, 11) is 0. The Morgan fingerprint density at radius 3 is 3.00 bits per heavy atom. The van der Waals surface area contributed by atoms with Crippen LogP contribution in [0.25, 0.3) is 0 Å². The normalized spacial score (nSPS) is 19.3. The summed E-state index contributed by atoms with van der Waals surface area (Å²) in [6.07, 6.45) is 6.08. The maximum Gasteiger partial charge on any atom is 0.00923 e. The van der Waals surface area contributed by atoms with E-state index < -0.39 is 0 Å². The summed E-state index contributed by atoms with van der Waals surface area (Å²) < 4.78 is 0. The third kappa shape index (κ3) is 2.37. The molecular formula is C9H12. The van der Waals surface area contributed by atoms with Crippen LogP contribution in [0, 0.1) is 11.8 Å². The van der Waals surface area contributed by atoms with Gasteiger partial charge in [-0.3, -0.25) is 0 Å². The molecule has 0 aromatic heterocycles. The highest BCUT2D eigenvalue weighted by atomic mass is 14.0. The molecule has 1 aliphatic rings. The van der Waals surface area contributed by atoms with Crippen LogP contribution in [0.2, 0.25) is 0 Å². The highest BCUT2D eigenvalue weighted by molar-refractivity contribution is 5.25. The summed E-state index contributed by atoms with van der Waals surface area (Å²) in [5, 5.41) is 0. The van der Waals surface area contributed by atoms with E-state index in [0.717, 1.165) is 18.4 Å². The predicted octanol–water partition coefficient (Wildman–Crippen LogP) is 2.51. The van der Waals surface area contributed by atoms with E-state index in [4.69, 9.17) is 0 Å². The van der Waals surface area contributed by atoms with Crippen molar-refractivity contribution in [3.8, 4) is 11.8 Å². The Hall–Kier alpha value is -0.700. The monoisotopic (exact) mass is 120 g/mol. The predicted molar refractivity (Wildman–Crippen MR) is 40.0 cm³/mol. The molecule has 0 heterocycles. The molecule has 0 aromatic carbocycles. The van der Waals surface area contributed by atoms with Crippen molar-refractivity contribution < 1.29 is 0 Å². The first kappa shape index (κ1) is 6.42. The van der Waals surface area contributed by atoms with Gasteiger partial charge in [-0.1, -0.05) is 24.8 Å². The Morgan fingerprint density at radius 2 is 2.11 bits per heavy atom. The number of allylic oxidation sites excluding steroid dienone is 1. The lowest BCUT2D eigenvalue weighted by Gasteiger charge is -2.00. The number of hydrogen-bond acceptors (Lipinski definition) is 0. The van der Waals surface area contributed by atoms with Gasteiger partial charge in [0, 0.05) is 6.42 Å². The van der Waals surface area contributed by atoms with E-state index in [1.165, 1.54) is 19.3 Å². The first-order valence-corrected chi connectivity index (χ1v) is 3.56. The minimum atomic E-state index is 1.07. The second-order valence-electron chi connectivity index (χ2n) is 2.47. The zero-order valence-electron chi connectivity index (χ0n) is 5.74. The molecule has 0 radical (unpaired) electrons. The fourth-order valence-corrected chi connectivity index (χ4v) is 0.979. The van der Waals surface area contributed by atoms with E-state index in [1.54, 1.807) is 0 Å². The minimum absolute atomic E-state index is 1.07. The molecule has 0 atom stereocenters. The fourth-order valence-electron chi connectivity index (χ4n) is 0.979. The molecule has 0 amide bonds. The highest BCUT2D eigenvalue weighted by Gasteiger charge is 1.93. The van der Waals surface area contributed by atoms with Gasteiger partial charge in [0.1, 0.15) is 0 Å². The molecule has 0 unspecified atom stereocenters. The maximum atomic E-state index is 3.84. The molecule has 0 N–H and O–H groups in total. The van der Waals surface area contributed by atoms with Gasteiger partial charge in [0.15, 0.2) is 0 Å². The van der Waals surface area contributed by atoms with Crippen LogP contribution in [0.15, 0.2) is 12.2 Å². The van der Waals surface area contributed by atoms with E-state index in [2.05, 4.69) is 18.4 Å². The van der Waals surface area contributed by atoms with Gasteiger partial charge < -0.3 is 0 Å². The van der Waals surface area contributed by atoms with E-state index in [1.807, 2.05) is 0 Å². The van der Waals surface area contributed by atoms with Gasteiger partial charge in [0.05, 0.1) is 0 Å². The van der Waals surface area contributed by atoms with Crippen LogP contribution < -0.4 is 0 Å². The van der Waals surface area contributed by atoms with Crippen molar-refractivity contribution in [2.45, 2.75) is 32.1 Å². The van der Waals surface area contributed by atoms with Crippen molar-refractivity contribution in [1.82, 2.24) is 0 Å². The molecule has 1 aliphatic carbocycles. The first-order chi connectivity index (χ1) is 4.39. The molecule has 0 saturated heterocycles. The Balaban J connectivity index is 2.47. The molecule has 0 spiro atoms. The van der Waals surface area contributed by atoms with Crippen LogP contribution in [0.5, 0.6) is 0 Å². The molecule has 0 aliphatic heterocycles. The van der Waals surface area contributed by atoms with E-state index >= 15 is 0 Å². The molecule has 0 fully saturated rings. The SMILES string of the molecule is C=C1C#CCCCCC1. The zero-order valence-corrected chi connectivity index (χ0v) is 5.74. The van der Waals surface area contributed by atoms with Gasteiger partial charge in [0.2, 0.25) is 0 Å². The molecule has 0 aromatic rings. The first-order valence-electron chi connectivity index (χ1n) is 3.56. The van der Waals surface area contributed by atoms with Gasteiger partial charge in [-0.25, -0.2) is 0 Å². The van der Waals surface area contributed by atoms with Crippen molar-refractivity contribution >= 4 is 0 Å². The molecule has 0 heteroatoms. The van der Waals surface area contributed by atoms with Crippen molar-refractivity contribution in [3.05, 3.63) is 12.2 Å². The Labute approximate surface area is 57.0 Å². The van der Waals surface area contributed by atoms with Crippen LogP contribution in [-0.2, 0) is 0 Å². The third-order valence-electron chi connectivity index (χ3n) is 1.55. The van der Waals surface area contributed by atoms with E-state index in [-0.39, 0.29) is 0 Å². The summed E-state index contributed by atoms with van der Waals surface area (Å²) in [4.78, 5) is 0. The Morgan fingerprint density at radius 1 is 1.22 bits per heavy atom. The average molecular weight is 120 g/mol. The van der Waals surface area contributed by atoms with Crippen LogP contribution in [0.4, 0.5) is 0 Å². The quantitative estimate of drug-likeness (QED) is 0.431. The average Bonchev–Trinajstić information content (AvgIpc) is 1.79. The third-order valence-corrected chi connectivity index (χ3v) is 1.55. The second kappa shape index (κ2) is 3.35. The van der Waals surface area contributed by atoms with Gasteiger partial charge in [-0.05, 0) is 24.8 Å². The van der Waals surface area contributed by atoms with Crippen LogP contribution in [0.3, 0.4) is 0 Å². The molecule has 0 nitrogen and oxygen atoms in total. The second-order valence-corrected chi connectivity index (χ2v) is 2.47. The van der Waals surface area contributed by atoms with Gasteiger partial charge in [0.25, 0.3) is 0 Å². The Kier molecular flexibility index (Phi) is 2.39. The number of hydrogen-bond donors (Lipinski definition) is 0. The lowest BCUT2D eigenvalue weighted by molar-refractivity contribution is 0.691. The zero-order chi connectivity index (χ0) is 6.53. The summed E-state index contributed by atoms with van der Waals surface area (Å²) in [6, 6.07) is 0. The van der Waals surface area contributed by atoms with Crippen LogP contribution in [0.1, 0.15) is 32.1 Å². The molecule has 0 saturated carbocycles. The molecule has 1 rings (SSSR count). The summed E-state index contributed by atoms with van der Waals surface area (Å²) in [5.74, 6) is 6.13. The molecular weight excluding hydrogens is 108 g/mol. The van der Waals surface area contributed by atoms with Crippen LogP contribution >= 0.6 is 0 Å². The fraction of sp³-hybridized carbons (Fsp3) is 0.556. The summed E-state index contributed by atoms with van der Waals surface area (Å²) in [6.45, 7) is 3.84. The highest BCUT2D eigenvalue weighted by Crippen LogP contribution is 2.09.